The van der Waals surface area contributed by atoms with Crippen molar-refractivity contribution in [3.63, 3.8) is 0 Å². The van der Waals surface area contributed by atoms with Crippen molar-refractivity contribution >= 4 is 33.9 Å². The normalized spacial score (nSPS) is 26.8. The Hall–Kier alpha value is -2.24. The van der Waals surface area contributed by atoms with Gasteiger partial charge in [0, 0.05) is 17.3 Å². The van der Waals surface area contributed by atoms with Crippen LogP contribution >= 0.6 is 22.2 Å². The number of amidine groups is 1. The minimum absolute atomic E-state index is 0.00687. The molecule has 0 unspecified atom stereocenters. The maximum Gasteiger partial charge on any atom is 0.267 e. The van der Waals surface area contributed by atoms with E-state index in [2.05, 4.69) is 9.98 Å². The van der Waals surface area contributed by atoms with Gasteiger partial charge in [-0.05, 0) is 44.0 Å². The first kappa shape index (κ1) is 22.9. The number of benzene rings is 1. The summed E-state index contributed by atoms with van der Waals surface area (Å²) >= 11 is 6.38. The molecule has 11 heteroatoms. The average Bonchev–Trinajstić information content (AvgIpc) is 3.13. The van der Waals surface area contributed by atoms with Crippen LogP contribution in [0.25, 0.3) is 11.1 Å². The van der Waals surface area contributed by atoms with Gasteiger partial charge in [0.1, 0.15) is 32.9 Å². The van der Waals surface area contributed by atoms with Crippen molar-refractivity contribution in [1.29, 1.82) is 0 Å². The highest BCUT2D eigenvalue weighted by Crippen LogP contribution is 2.66. The highest BCUT2D eigenvalue weighted by Gasteiger charge is 2.61. The molecule has 6 N–H and O–H groups in total. The Morgan fingerprint density at radius 3 is 2.72 bits per heavy atom. The molecule has 32 heavy (non-hydrogen) atoms. The van der Waals surface area contributed by atoms with Gasteiger partial charge in [-0.15, -0.1) is 0 Å². The van der Waals surface area contributed by atoms with Gasteiger partial charge in [0.15, 0.2) is 0 Å². The minimum atomic E-state index is -3.37. The summed E-state index contributed by atoms with van der Waals surface area (Å²) in [5, 5.41) is -0.642. The van der Waals surface area contributed by atoms with E-state index in [1.165, 1.54) is 24.4 Å². The second kappa shape index (κ2) is 7.39. The Kier molecular flexibility index (Phi) is 5.30. The zero-order valence-electron chi connectivity index (χ0n) is 17.7. The van der Waals surface area contributed by atoms with Gasteiger partial charge in [-0.2, -0.15) is 10.6 Å². The number of carbonyl (C=O) groups excluding carboxylic acids is 1. The zero-order chi connectivity index (χ0) is 23.6. The van der Waals surface area contributed by atoms with Crippen LogP contribution < -0.4 is 11.5 Å². The SMILES string of the molecule is Cc1c(C(N)=O)ncc(Cl)c1-c1ccc(F)c([C@]23COC[C@@H]2S(O)(O)C(C)(C)C(N)=N3)c1. The van der Waals surface area contributed by atoms with Crippen LogP contribution in [0.15, 0.2) is 29.4 Å². The van der Waals surface area contributed by atoms with E-state index >= 15 is 4.39 Å². The van der Waals surface area contributed by atoms with Gasteiger partial charge in [-0.25, -0.2) is 9.37 Å². The summed E-state index contributed by atoms with van der Waals surface area (Å²) in [6.07, 6.45) is 1.31. The molecule has 2 aromatic rings. The molecule has 2 aliphatic rings. The molecule has 1 amide bonds. The molecule has 0 aliphatic carbocycles. The highest BCUT2D eigenvalue weighted by atomic mass is 35.5. The van der Waals surface area contributed by atoms with E-state index in [-0.39, 0.29) is 35.3 Å². The zero-order valence-corrected chi connectivity index (χ0v) is 19.3. The van der Waals surface area contributed by atoms with Crippen molar-refractivity contribution in [3.8, 4) is 11.1 Å². The van der Waals surface area contributed by atoms with E-state index in [1.54, 1.807) is 20.8 Å². The fraction of sp³-hybridized carbons (Fsp3) is 0.381. The summed E-state index contributed by atoms with van der Waals surface area (Å²) in [5.74, 6) is -1.31. The molecule has 3 heterocycles. The van der Waals surface area contributed by atoms with Crippen LogP contribution in [0.3, 0.4) is 0 Å². The topological polar surface area (TPSA) is 144 Å². The van der Waals surface area contributed by atoms with Gasteiger partial charge in [0.05, 0.1) is 18.2 Å². The lowest BCUT2D eigenvalue weighted by Gasteiger charge is -2.56. The molecule has 1 aromatic carbocycles. The lowest BCUT2D eigenvalue weighted by atomic mass is 9.85. The van der Waals surface area contributed by atoms with Crippen LogP contribution in [0.1, 0.15) is 35.5 Å². The first-order valence-electron chi connectivity index (χ1n) is 9.80. The minimum Gasteiger partial charge on any atom is -0.386 e. The van der Waals surface area contributed by atoms with Gasteiger partial charge in [0.2, 0.25) is 0 Å². The summed E-state index contributed by atoms with van der Waals surface area (Å²) < 4.78 is 41.9. The fourth-order valence-electron chi connectivity index (χ4n) is 4.39. The molecule has 0 radical (unpaired) electrons. The number of rotatable bonds is 3. The van der Waals surface area contributed by atoms with Crippen molar-refractivity contribution in [2.45, 2.75) is 36.3 Å². The third-order valence-electron chi connectivity index (χ3n) is 6.44. The Balaban J connectivity index is 1.97. The number of aliphatic imine (C=N–C) groups is 1. The Morgan fingerprint density at radius 1 is 1.38 bits per heavy atom. The number of hydrogen-bond acceptors (Lipinski definition) is 7. The number of hydrogen-bond donors (Lipinski definition) is 4. The van der Waals surface area contributed by atoms with Crippen LogP contribution in [0.4, 0.5) is 4.39 Å². The Labute approximate surface area is 191 Å². The average molecular weight is 483 g/mol. The van der Waals surface area contributed by atoms with Crippen LogP contribution in [-0.4, -0.2) is 49.0 Å². The number of primary amides is 1. The largest absolute Gasteiger partial charge is 0.386 e. The summed E-state index contributed by atoms with van der Waals surface area (Å²) in [5.41, 5.74) is 11.7. The first-order valence-corrected chi connectivity index (χ1v) is 11.8. The number of halogens is 2. The summed E-state index contributed by atoms with van der Waals surface area (Å²) in [6, 6.07) is 4.28. The van der Waals surface area contributed by atoms with Crippen molar-refractivity contribution in [3.05, 3.63) is 52.1 Å². The number of nitrogens with zero attached hydrogens (tertiary/aromatic N) is 2. The molecule has 2 aliphatic heterocycles. The monoisotopic (exact) mass is 482 g/mol. The third-order valence-corrected chi connectivity index (χ3v) is 9.76. The Morgan fingerprint density at radius 2 is 2.06 bits per heavy atom. The lowest BCUT2D eigenvalue weighted by Crippen LogP contribution is -2.57. The van der Waals surface area contributed by atoms with Gasteiger partial charge < -0.3 is 16.2 Å². The molecule has 2 atom stereocenters. The maximum atomic E-state index is 15.2. The van der Waals surface area contributed by atoms with Crippen LogP contribution in [0.2, 0.25) is 5.02 Å². The van der Waals surface area contributed by atoms with Crippen molar-refractivity contribution in [2.75, 3.05) is 13.2 Å². The van der Waals surface area contributed by atoms with Crippen molar-refractivity contribution < 1.29 is 23.0 Å². The van der Waals surface area contributed by atoms with Crippen LogP contribution in [0, 0.1) is 12.7 Å². The van der Waals surface area contributed by atoms with Crippen LogP contribution in [0.5, 0.6) is 0 Å². The molecule has 172 valence electrons. The van der Waals surface area contributed by atoms with Gasteiger partial charge in [-0.3, -0.25) is 18.9 Å². The van der Waals surface area contributed by atoms with E-state index < -0.39 is 37.9 Å². The number of fused-ring (bicyclic) bond motifs is 1. The predicted octanol–water partition coefficient (Wildman–Crippen LogP) is 3.44. The standard InChI is InChI=1S/C21H24ClFN4O4S/c1-10-16(13(22)7-26-17(10)18(24)28)11-4-5-14(23)12(6-11)21-9-31-8-15(21)32(29,30)20(2,3)19(25)27-21/h4-7,15,29-30H,8-9H2,1-3H3,(H2,24,28)(H2,25,27)/t15-,21+/m0/s1. The molecule has 1 fully saturated rings. The molecule has 0 spiro atoms. The number of carbonyl (C=O) groups is 1. The van der Waals surface area contributed by atoms with E-state index in [1.807, 2.05) is 0 Å². The molecule has 8 nitrogen and oxygen atoms in total. The second-order valence-electron chi connectivity index (χ2n) is 8.54. The van der Waals surface area contributed by atoms with Gasteiger partial charge >= 0.3 is 0 Å². The quantitative estimate of drug-likeness (QED) is 0.527. The molecular formula is C21H24ClFN4O4S. The molecule has 1 aromatic heterocycles. The summed E-state index contributed by atoms with van der Waals surface area (Å²) in [7, 11) is -3.37. The number of aromatic nitrogens is 1. The maximum absolute atomic E-state index is 15.2. The molecule has 4 rings (SSSR count). The highest BCUT2D eigenvalue weighted by molar-refractivity contribution is 8.26. The molecular weight excluding hydrogens is 459 g/mol. The van der Waals surface area contributed by atoms with Crippen molar-refractivity contribution in [1.82, 2.24) is 4.98 Å². The van der Waals surface area contributed by atoms with E-state index in [9.17, 15) is 13.9 Å². The second-order valence-corrected chi connectivity index (χ2v) is 11.7. The fourth-order valence-corrected chi connectivity index (χ4v) is 6.83. The number of nitrogens with two attached hydrogens (primary N) is 2. The van der Waals surface area contributed by atoms with E-state index in [0.717, 1.165) is 0 Å². The molecule has 0 saturated carbocycles. The summed E-state index contributed by atoms with van der Waals surface area (Å²) in [4.78, 5) is 20.3. The number of pyridine rings is 1. The Bertz CT molecular complexity index is 1170. The smallest absolute Gasteiger partial charge is 0.267 e. The predicted molar refractivity (Wildman–Crippen MR) is 123 cm³/mol. The number of ether oxygens (including phenoxy) is 1. The van der Waals surface area contributed by atoms with Gasteiger partial charge in [-0.1, -0.05) is 17.7 Å². The number of amides is 1. The van der Waals surface area contributed by atoms with Crippen molar-refractivity contribution in [2.24, 2.45) is 16.5 Å². The molecule has 0 bridgehead atoms. The summed E-state index contributed by atoms with van der Waals surface area (Å²) in [6.45, 7) is 4.77. The third kappa shape index (κ3) is 3.05. The van der Waals surface area contributed by atoms with Crippen LogP contribution in [-0.2, 0) is 10.3 Å². The van der Waals surface area contributed by atoms with E-state index in [0.29, 0.717) is 16.7 Å². The van der Waals surface area contributed by atoms with E-state index in [4.69, 9.17) is 27.8 Å². The lowest BCUT2D eigenvalue weighted by molar-refractivity contribution is 0.0995. The van der Waals surface area contributed by atoms with Gasteiger partial charge in [0.25, 0.3) is 5.91 Å². The molecule has 1 saturated heterocycles. The first-order chi connectivity index (χ1) is 14.8.